The molecule has 1 aromatic carbocycles. The topological polar surface area (TPSA) is 40.6 Å². The molecule has 1 aliphatic heterocycles. The number of carbonyl (C=O) groups excluding carboxylic acids is 2. The molecule has 5 rings (SSSR count). The van der Waals surface area contributed by atoms with E-state index < -0.39 is 23.1 Å². The van der Waals surface area contributed by atoms with Crippen molar-refractivity contribution in [3.05, 3.63) is 35.4 Å². The standard InChI is InChI=1S/C21H24F2N2O2/c1-21(2)20(27)24(17-7-6-11-8-12-9-13(17)10-15(11)12)25(21)19(26)14-4-3-5-16(22)18(14)23/h3-5,11-13,15,17H,6-10H2,1-2H3. The van der Waals surface area contributed by atoms with E-state index in [1.165, 1.54) is 23.6 Å². The minimum Gasteiger partial charge on any atom is -0.270 e. The van der Waals surface area contributed by atoms with Crippen LogP contribution in [0.2, 0.25) is 0 Å². The Bertz CT molecular complexity index is 839. The van der Waals surface area contributed by atoms with Gasteiger partial charge in [-0.2, -0.15) is 0 Å². The second-order valence-corrected chi connectivity index (χ2v) is 9.22. The summed E-state index contributed by atoms with van der Waals surface area (Å²) in [5.74, 6) is -0.214. The number of benzene rings is 1. The van der Waals surface area contributed by atoms with Crippen molar-refractivity contribution in [3.63, 3.8) is 0 Å². The molecule has 27 heavy (non-hydrogen) atoms. The van der Waals surface area contributed by atoms with Crippen LogP contribution in [0.1, 0.15) is 56.3 Å². The SMILES string of the molecule is CC1(C)C(=O)N(C2CCC3CC4CC2CC34)N1C(=O)c1cccc(F)c1F. The Morgan fingerprint density at radius 1 is 1.07 bits per heavy atom. The third kappa shape index (κ3) is 2.18. The largest absolute Gasteiger partial charge is 0.276 e. The van der Waals surface area contributed by atoms with Gasteiger partial charge in [0, 0.05) is 0 Å². The molecule has 5 unspecified atom stereocenters. The lowest BCUT2D eigenvalue weighted by atomic mass is 9.64. The Morgan fingerprint density at radius 2 is 1.81 bits per heavy atom. The summed E-state index contributed by atoms with van der Waals surface area (Å²) in [5, 5.41) is 2.95. The Morgan fingerprint density at radius 3 is 2.59 bits per heavy atom. The number of halogens is 2. The van der Waals surface area contributed by atoms with Gasteiger partial charge in [0.15, 0.2) is 11.6 Å². The minimum atomic E-state index is -1.15. The van der Waals surface area contributed by atoms with Gasteiger partial charge in [-0.3, -0.25) is 9.59 Å². The molecule has 4 aliphatic rings. The van der Waals surface area contributed by atoms with Crippen molar-refractivity contribution in [2.24, 2.45) is 23.7 Å². The number of amides is 2. The van der Waals surface area contributed by atoms with E-state index in [4.69, 9.17) is 0 Å². The number of rotatable bonds is 2. The molecule has 144 valence electrons. The Hall–Kier alpha value is -1.98. The van der Waals surface area contributed by atoms with Crippen LogP contribution in [0.5, 0.6) is 0 Å². The molecule has 2 bridgehead atoms. The molecule has 1 aromatic rings. The lowest BCUT2D eigenvalue weighted by Crippen LogP contribution is -2.79. The molecule has 0 N–H and O–H groups in total. The monoisotopic (exact) mass is 374 g/mol. The first-order chi connectivity index (χ1) is 12.8. The number of fused-ring (bicyclic) bond motifs is 1. The number of carbonyl (C=O) groups is 2. The van der Waals surface area contributed by atoms with Crippen LogP contribution in [0.25, 0.3) is 0 Å². The van der Waals surface area contributed by atoms with E-state index in [0.717, 1.165) is 49.5 Å². The lowest BCUT2D eigenvalue weighted by molar-refractivity contribution is -0.213. The maximum absolute atomic E-state index is 14.2. The maximum atomic E-state index is 14.2. The lowest BCUT2D eigenvalue weighted by Gasteiger charge is -2.59. The third-order valence-corrected chi connectivity index (χ3v) is 7.54. The fraction of sp³-hybridized carbons (Fsp3) is 0.619. The quantitative estimate of drug-likeness (QED) is 0.791. The average Bonchev–Trinajstić information content (AvgIpc) is 2.86. The molecule has 2 amide bonds. The van der Waals surface area contributed by atoms with E-state index in [1.807, 2.05) is 0 Å². The summed E-state index contributed by atoms with van der Waals surface area (Å²) in [4.78, 5) is 26.0. The molecule has 1 heterocycles. The van der Waals surface area contributed by atoms with Gasteiger partial charge < -0.3 is 0 Å². The van der Waals surface area contributed by atoms with Gasteiger partial charge >= 0.3 is 0 Å². The molecular formula is C21H24F2N2O2. The molecule has 0 spiro atoms. The van der Waals surface area contributed by atoms with Crippen molar-refractivity contribution >= 4 is 11.8 Å². The zero-order chi connectivity index (χ0) is 19.1. The van der Waals surface area contributed by atoms with Gasteiger partial charge in [-0.05, 0) is 81.8 Å². The van der Waals surface area contributed by atoms with Gasteiger partial charge in [-0.25, -0.2) is 18.8 Å². The summed E-state index contributed by atoms with van der Waals surface area (Å²) in [6.45, 7) is 3.35. The highest BCUT2D eigenvalue weighted by Crippen LogP contribution is 2.59. The Kier molecular flexibility index (Phi) is 3.50. The number of hydrogen-bond donors (Lipinski definition) is 0. The van der Waals surface area contributed by atoms with Crippen LogP contribution < -0.4 is 0 Å². The van der Waals surface area contributed by atoms with Crippen molar-refractivity contribution in [3.8, 4) is 0 Å². The molecule has 3 saturated carbocycles. The van der Waals surface area contributed by atoms with Crippen LogP contribution >= 0.6 is 0 Å². The van der Waals surface area contributed by atoms with Crippen LogP contribution in [-0.2, 0) is 4.79 Å². The Labute approximate surface area is 157 Å². The Balaban J connectivity index is 1.48. The zero-order valence-corrected chi connectivity index (χ0v) is 15.6. The fourth-order valence-electron chi connectivity index (χ4n) is 6.13. The van der Waals surface area contributed by atoms with E-state index in [2.05, 4.69) is 0 Å². The molecular weight excluding hydrogens is 350 g/mol. The molecule has 3 aliphatic carbocycles. The predicted molar refractivity (Wildman–Crippen MR) is 94.3 cm³/mol. The van der Waals surface area contributed by atoms with Crippen molar-refractivity contribution in [1.29, 1.82) is 0 Å². The normalized spacial score (nSPS) is 36.1. The third-order valence-electron chi connectivity index (χ3n) is 7.54. The van der Waals surface area contributed by atoms with E-state index >= 15 is 0 Å². The van der Waals surface area contributed by atoms with Crippen LogP contribution in [-0.4, -0.2) is 33.4 Å². The minimum absolute atomic E-state index is 0.0103. The molecule has 6 heteroatoms. The highest BCUT2D eigenvalue weighted by Gasteiger charge is 2.61. The maximum Gasteiger partial charge on any atom is 0.276 e. The molecule has 1 saturated heterocycles. The molecule has 5 atom stereocenters. The number of hydrogen-bond acceptors (Lipinski definition) is 2. The highest BCUT2D eigenvalue weighted by molar-refractivity contribution is 6.04. The van der Waals surface area contributed by atoms with Gasteiger partial charge in [0.05, 0.1) is 11.6 Å². The van der Waals surface area contributed by atoms with Crippen molar-refractivity contribution in [2.45, 2.75) is 57.5 Å². The smallest absolute Gasteiger partial charge is 0.270 e. The van der Waals surface area contributed by atoms with E-state index in [1.54, 1.807) is 18.9 Å². The zero-order valence-electron chi connectivity index (χ0n) is 15.6. The first-order valence-electron chi connectivity index (χ1n) is 9.93. The predicted octanol–water partition coefficient (Wildman–Crippen LogP) is 3.77. The first-order valence-corrected chi connectivity index (χ1v) is 9.93. The average molecular weight is 374 g/mol. The van der Waals surface area contributed by atoms with E-state index in [0.29, 0.717) is 5.92 Å². The van der Waals surface area contributed by atoms with Crippen molar-refractivity contribution in [2.75, 3.05) is 0 Å². The van der Waals surface area contributed by atoms with Crippen molar-refractivity contribution in [1.82, 2.24) is 10.0 Å². The number of nitrogens with zero attached hydrogens (tertiary/aromatic N) is 2. The number of hydrazine groups is 1. The molecule has 0 radical (unpaired) electrons. The summed E-state index contributed by atoms with van der Waals surface area (Å²) in [7, 11) is 0. The van der Waals surface area contributed by atoms with Gasteiger partial charge in [0.1, 0.15) is 5.54 Å². The summed E-state index contributed by atoms with van der Waals surface area (Å²) in [6, 6.07) is 3.59. The van der Waals surface area contributed by atoms with Crippen LogP contribution in [0.3, 0.4) is 0 Å². The van der Waals surface area contributed by atoms with Gasteiger partial charge in [-0.1, -0.05) is 6.07 Å². The second kappa shape index (κ2) is 5.52. The summed E-state index contributed by atoms with van der Waals surface area (Å²) < 4.78 is 27.9. The summed E-state index contributed by atoms with van der Waals surface area (Å²) in [6.07, 6.45) is 5.52. The highest BCUT2D eigenvalue weighted by atomic mass is 19.2. The van der Waals surface area contributed by atoms with Gasteiger partial charge in [0.2, 0.25) is 0 Å². The van der Waals surface area contributed by atoms with Gasteiger partial charge in [-0.15, -0.1) is 0 Å². The molecule has 4 fully saturated rings. The fourth-order valence-corrected chi connectivity index (χ4v) is 6.13. The van der Waals surface area contributed by atoms with E-state index in [-0.39, 0.29) is 17.5 Å². The van der Waals surface area contributed by atoms with Gasteiger partial charge in [0.25, 0.3) is 11.8 Å². The van der Waals surface area contributed by atoms with Crippen LogP contribution in [0.4, 0.5) is 8.78 Å². The summed E-state index contributed by atoms with van der Waals surface area (Å²) in [5.41, 5.74) is -1.36. The molecule has 4 nitrogen and oxygen atoms in total. The first kappa shape index (κ1) is 17.1. The van der Waals surface area contributed by atoms with Crippen molar-refractivity contribution < 1.29 is 18.4 Å². The second-order valence-electron chi connectivity index (χ2n) is 9.22. The van der Waals surface area contributed by atoms with Crippen LogP contribution in [0, 0.1) is 35.3 Å². The summed E-state index contributed by atoms with van der Waals surface area (Å²) >= 11 is 0. The van der Waals surface area contributed by atoms with E-state index in [9.17, 15) is 18.4 Å². The van der Waals surface area contributed by atoms with Crippen LogP contribution in [0.15, 0.2) is 18.2 Å². The molecule has 0 aromatic heterocycles.